The first-order valence-corrected chi connectivity index (χ1v) is 7.83. The van der Waals surface area contributed by atoms with Crippen molar-refractivity contribution in [3.63, 3.8) is 0 Å². The standard InChI is InChI=1S/C21H20O2/c22-20-10-6-18(7-11-20)16-19-8-12-21(13-9-19)23-15-14-17-4-2-1-3-5-17/h1-13,22H,14-16H2. The van der Waals surface area contributed by atoms with Crippen LogP contribution in [-0.4, -0.2) is 11.7 Å². The topological polar surface area (TPSA) is 29.5 Å². The Labute approximate surface area is 137 Å². The summed E-state index contributed by atoms with van der Waals surface area (Å²) in [6.07, 6.45) is 1.76. The van der Waals surface area contributed by atoms with Gasteiger partial charge < -0.3 is 9.84 Å². The summed E-state index contributed by atoms with van der Waals surface area (Å²) in [5.74, 6) is 1.20. The lowest BCUT2D eigenvalue weighted by molar-refractivity contribution is 0.322. The maximum atomic E-state index is 9.31. The third-order valence-electron chi connectivity index (χ3n) is 3.77. The van der Waals surface area contributed by atoms with E-state index in [0.29, 0.717) is 12.4 Å². The molecule has 3 aromatic rings. The Kier molecular flexibility index (Phi) is 4.95. The molecule has 0 aliphatic rings. The summed E-state index contributed by atoms with van der Waals surface area (Å²) in [7, 11) is 0. The van der Waals surface area contributed by atoms with Gasteiger partial charge in [-0.1, -0.05) is 54.6 Å². The van der Waals surface area contributed by atoms with Crippen LogP contribution in [0.4, 0.5) is 0 Å². The molecule has 0 saturated carbocycles. The van der Waals surface area contributed by atoms with Gasteiger partial charge in [-0.3, -0.25) is 0 Å². The van der Waals surface area contributed by atoms with Gasteiger partial charge >= 0.3 is 0 Å². The lowest BCUT2D eigenvalue weighted by atomic mass is 10.0. The third kappa shape index (κ3) is 4.62. The average Bonchev–Trinajstić information content (AvgIpc) is 2.59. The Balaban J connectivity index is 1.51. The first kappa shape index (κ1) is 15.2. The van der Waals surface area contributed by atoms with Crippen LogP contribution in [0.5, 0.6) is 11.5 Å². The second kappa shape index (κ2) is 7.50. The number of aromatic hydroxyl groups is 1. The average molecular weight is 304 g/mol. The van der Waals surface area contributed by atoms with E-state index in [0.717, 1.165) is 18.6 Å². The highest BCUT2D eigenvalue weighted by atomic mass is 16.5. The number of hydrogen-bond donors (Lipinski definition) is 1. The van der Waals surface area contributed by atoms with Crippen molar-refractivity contribution in [2.75, 3.05) is 6.61 Å². The first-order chi connectivity index (χ1) is 11.3. The highest BCUT2D eigenvalue weighted by Crippen LogP contribution is 2.17. The second-order valence-corrected chi connectivity index (χ2v) is 5.57. The molecule has 0 fully saturated rings. The summed E-state index contributed by atoms with van der Waals surface area (Å²) < 4.78 is 5.80. The number of phenols is 1. The van der Waals surface area contributed by atoms with E-state index in [-0.39, 0.29) is 0 Å². The van der Waals surface area contributed by atoms with E-state index in [1.807, 2.05) is 42.5 Å². The molecule has 0 spiro atoms. The molecule has 0 radical (unpaired) electrons. The molecule has 0 unspecified atom stereocenters. The van der Waals surface area contributed by atoms with Crippen LogP contribution < -0.4 is 4.74 Å². The zero-order valence-corrected chi connectivity index (χ0v) is 13.0. The van der Waals surface area contributed by atoms with Gasteiger partial charge in [0.05, 0.1) is 6.61 Å². The predicted octanol–water partition coefficient (Wildman–Crippen LogP) is 4.60. The summed E-state index contributed by atoms with van der Waals surface area (Å²) in [6, 6.07) is 25.9. The van der Waals surface area contributed by atoms with E-state index < -0.39 is 0 Å². The fourth-order valence-corrected chi connectivity index (χ4v) is 2.48. The number of phenolic OH excluding ortho intramolecular Hbond substituents is 1. The number of hydrogen-bond acceptors (Lipinski definition) is 2. The van der Waals surface area contributed by atoms with Crippen LogP contribution in [0.2, 0.25) is 0 Å². The maximum absolute atomic E-state index is 9.31. The molecule has 0 atom stereocenters. The molecule has 23 heavy (non-hydrogen) atoms. The molecular weight excluding hydrogens is 284 g/mol. The molecule has 0 bridgehead atoms. The number of ether oxygens (including phenoxy) is 1. The first-order valence-electron chi connectivity index (χ1n) is 7.83. The monoisotopic (exact) mass is 304 g/mol. The minimum absolute atomic E-state index is 0.302. The summed E-state index contributed by atoms with van der Waals surface area (Å²) in [4.78, 5) is 0. The molecule has 2 nitrogen and oxygen atoms in total. The van der Waals surface area contributed by atoms with Crippen molar-refractivity contribution in [3.05, 3.63) is 95.6 Å². The summed E-state index contributed by atoms with van der Waals surface area (Å²) >= 11 is 0. The van der Waals surface area contributed by atoms with Crippen LogP contribution in [0.1, 0.15) is 16.7 Å². The molecule has 0 amide bonds. The molecule has 0 aliphatic heterocycles. The summed E-state index contributed by atoms with van der Waals surface area (Å²) in [6.45, 7) is 0.682. The molecule has 0 aliphatic carbocycles. The van der Waals surface area contributed by atoms with E-state index in [1.165, 1.54) is 16.7 Å². The molecule has 3 rings (SSSR count). The molecular formula is C21H20O2. The Morgan fingerprint density at radius 1 is 0.652 bits per heavy atom. The van der Waals surface area contributed by atoms with Crippen molar-refractivity contribution in [2.24, 2.45) is 0 Å². The smallest absolute Gasteiger partial charge is 0.119 e. The van der Waals surface area contributed by atoms with E-state index in [2.05, 4.69) is 24.3 Å². The van der Waals surface area contributed by atoms with Crippen LogP contribution in [0.15, 0.2) is 78.9 Å². The predicted molar refractivity (Wildman–Crippen MR) is 93.0 cm³/mol. The van der Waals surface area contributed by atoms with Crippen LogP contribution in [0.25, 0.3) is 0 Å². The minimum Gasteiger partial charge on any atom is -0.508 e. The fraction of sp³-hybridized carbons (Fsp3) is 0.143. The van der Waals surface area contributed by atoms with Gasteiger partial charge in [0, 0.05) is 6.42 Å². The molecule has 1 N–H and O–H groups in total. The molecule has 3 aromatic carbocycles. The van der Waals surface area contributed by atoms with Gasteiger partial charge in [0.15, 0.2) is 0 Å². The maximum Gasteiger partial charge on any atom is 0.119 e. The summed E-state index contributed by atoms with van der Waals surface area (Å²) in [5.41, 5.74) is 3.70. The highest BCUT2D eigenvalue weighted by Gasteiger charge is 1.99. The Morgan fingerprint density at radius 3 is 1.91 bits per heavy atom. The minimum atomic E-state index is 0.302. The second-order valence-electron chi connectivity index (χ2n) is 5.57. The zero-order valence-electron chi connectivity index (χ0n) is 13.0. The quantitative estimate of drug-likeness (QED) is 0.721. The molecule has 0 heterocycles. The van der Waals surface area contributed by atoms with Crippen molar-refractivity contribution in [2.45, 2.75) is 12.8 Å². The zero-order chi connectivity index (χ0) is 15.9. The molecule has 0 aromatic heterocycles. The molecule has 0 saturated heterocycles. The highest BCUT2D eigenvalue weighted by molar-refractivity contribution is 5.33. The Morgan fingerprint density at radius 2 is 1.26 bits per heavy atom. The van der Waals surface area contributed by atoms with Crippen LogP contribution in [0, 0.1) is 0 Å². The van der Waals surface area contributed by atoms with Crippen LogP contribution in [0.3, 0.4) is 0 Å². The normalized spacial score (nSPS) is 10.4. The van der Waals surface area contributed by atoms with E-state index in [9.17, 15) is 5.11 Å². The largest absolute Gasteiger partial charge is 0.508 e. The van der Waals surface area contributed by atoms with Crippen molar-refractivity contribution in [1.29, 1.82) is 0 Å². The lowest BCUT2D eigenvalue weighted by Gasteiger charge is -2.08. The van der Waals surface area contributed by atoms with Gasteiger partial charge in [0.25, 0.3) is 0 Å². The van der Waals surface area contributed by atoms with Gasteiger partial charge in [-0.2, -0.15) is 0 Å². The summed E-state index contributed by atoms with van der Waals surface area (Å²) in [5, 5.41) is 9.31. The van der Waals surface area contributed by atoms with E-state index >= 15 is 0 Å². The van der Waals surface area contributed by atoms with Crippen molar-refractivity contribution < 1.29 is 9.84 Å². The SMILES string of the molecule is Oc1ccc(Cc2ccc(OCCc3ccccc3)cc2)cc1. The van der Waals surface area contributed by atoms with E-state index in [4.69, 9.17) is 4.74 Å². The molecule has 2 heteroatoms. The number of rotatable bonds is 6. The van der Waals surface area contributed by atoms with Gasteiger partial charge in [0.1, 0.15) is 11.5 Å². The van der Waals surface area contributed by atoms with Crippen molar-refractivity contribution in [1.82, 2.24) is 0 Å². The Hall–Kier alpha value is -2.74. The van der Waals surface area contributed by atoms with Gasteiger partial charge in [-0.15, -0.1) is 0 Å². The van der Waals surface area contributed by atoms with Crippen LogP contribution >= 0.6 is 0 Å². The number of benzene rings is 3. The van der Waals surface area contributed by atoms with Crippen molar-refractivity contribution in [3.8, 4) is 11.5 Å². The van der Waals surface area contributed by atoms with Gasteiger partial charge in [-0.25, -0.2) is 0 Å². The van der Waals surface area contributed by atoms with Gasteiger partial charge in [-0.05, 0) is 47.4 Å². The van der Waals surface area contributed by atoms with Crippen molar-refractivity contribution >= 4 is 0 Å². The molecule has 116 valence electrons. The lowest BCUT2D eigenvalue weighted by Crippen LogP contribution is -2.01. The van der Waals surface area contributed by atoms with Gasteiger partial charge in [0.2, 0.25) is 0 Å². The van der Waals surface area contributed by atoms with Crippen LogP contribution in [-0.2, 0) is 12.8 Å². The Bertz CT molecular complexity index is 716. The third-order valence-corrected chi connectivity index (χ3v) is 3.77. The van der Waals surface area contributed by atoms with E-state index in [1.54, 1.807) is 12.1 Å². The fourth-order valence-electron chi connectivity index (χ4n) is 2.48.